The average molecular weight is 154 g/mol. The van der Waals surface area contributed by atoms with Crippen LogP contribution >= 0.6 is 0 Å². The highest BCUT2D eigenvalue weighted by Gasteiger charge is 2.11. The SMILES string of the molecule is CC1=NCCCN1CC(C)C. The molecule has 1 rings (SSSR count). The molecule has 2 heteroatoms. The summed E-state index contributed by atoms with van der Waals surface area (Å²) < 4.78 is 0. The first kappa shape index (κ1) is 8.57. The molecule has 0 atom stereocenters. The number of hydrogen-bond donors (Lipinski definition) is 0. The van der Waals surface area contributed by atoms with Crippen molar-refractivity contribution in [2.24, 2.45) is 10.9 Å². The fourth-order valence-electron chi connectivity index (χ4n) is 1.43. The zero-order valence-electron chi connectivity index (χ0n) is 7.80. The first-order chi connectivity index (χ1) is 5.20. The van der Waals surface area contributed by atoms with Gasteiger partial charge in [0.1, 0.15) is 0 Å². The Kier molecular flexibility index (Phi) is 2.92. The summed E-state index contributed by atoms with van der Waals surface area (Å²) in [5, 5.41) is 0. The van der Waals surface area contributed by atoms with E-state index in [0.29, 0.717) is 0 Å². The second-order valence-corrected chi connectivity index (χ2v) is 3.62. The summed E-state index contributed by atoms with van der Waals surface area (Å²) in [5.74, 6) is 1.98. The van der Waals surface area contributed by atoms with Gasteiger partial charge < -0.3 is 4.90 Å². The average Bonchev–Trinajstić information content (AvgIpc) is 1.93. The minimum absolute atomic E-state index is 0.748. The fourth-order valence-corrected chi connectivity index (χ4v) is 1.43. The van der Waals surface area contributed by atoms with Gasteiger partial charge in [-0.3, -0.25) is 4.99 Å². The van der Waals surface area contributed by atoms with E-state index in [1.54, 1.807) is 0 Å². The van der Waals surface area contributed by atoms with Crippen LogP contribution < -0.4 is 0 Å². The molecule has 0 aliphatic carbocycles. The Hall–Kier alpha value is -0.530. The van der Waals surface area contributed by atoms with E-state index in [1.165, 1.54) is 18.8 Å². The highest BCUT2D eigenvalue weighted by Crippen LogP contribution is 2.05. The zero-order chi connectivity index (χ0) is 8.27. The van der Waals surface area contributed by atoms with Crippen LogP contribution in [0.2, 0.25) is 0 Å². The lowest BCUT2D eigenvalue weighted by Gasteiger charge is -2.28. The Balaban J connectivity index is 2.43. The normalized spacial score (nSPS) is 18.9. The van der Waals surface area contributed by atoms with E-state index in [-0.39, 0.29) is 0 Å². The third-order valence-corrected chi connectivity index (χ3v) is 1.97. The number of rotatable bonds is 2. The van der Waals surface area contributed by atoms with E-state index >= 15 is 0 Å². The summed E-state index contributed by atoms with van der Waals surface area (Å²) in [7, 11) is 0. The molecule has 0 radical (unpaired) electrons. The molecule has 2 nitrogen and oxygen atoms in total. The Morgan fingerprint density at radius 2 is 2.27 bits per heavy atom. The molecule has 1 aliphatic heterocycles. The molecule has 0 saturated heterocycles. The molecule has 0 aromatic carbocycles. The Morgan fingerprint density at radius 3 is 2.82 bits per heavy atom. The molecule has 64 valence electrons. The maximum atomic E-state index is 4.41. The summed E-state index contributed by atoms with van der Waals surface area (Å²) in [4.78, 5) is 6.79. The highest BCUT2D eigenvalue weighted by molar-refractivity contribution is 5.80. The van der Waals surface area contributed by atoms with Crippen LogP contribution in [0.4, 0.5) is 0 Å². The lowest BCUT2D eigenvalue weighted by molar-refractivity contribution is 0.347. The predicted octanol–water partition coefficient (Wildman–Crippen LogP) is 1.77. The fraction of sp³-hybridized carbons (Fsp3) is 0.889. The van der Waals surface area contributed by atoms with Crippen LogP contribution in [-0.4, -0.2) is 30.4 Å². The molecule has 0 bridgehead atoms. The molecular formula is C9H18N2. The van der Waals surface area contributed by atoms with E-state index in [2.05, 4.69) is 30.7 Å². The van der Waals surface area contributed by atoms with Gasteiger partial charge in [0.15, 0.2) is 0 Å². The van der Waals surface area contributed by atoms with Crippen molar-refractivity contribution in [3.05, 3.63) is 0 Å². The van der Waals surface area contributed by atoms with Crippen molar-refractivity contribution in [3.63, 3.8) is 0 Å². The lowest BCUT2D eigenvalue weighted by Crippen LogP contribution is -2.36. The van der Waals surface area contributed by atoms with Crippen molar-refractivity contribution in [1.29, 1.82) is 0 Å². The first-order valence-corrected chi connectivity index (χ1v) is 4.46. The van der Waals surface area contributed by atoms with Gasteiger partial charge in [-0.2, -0.15) is 0 Å². The molecule has 11 heavy (non-hydrogen) atoms. The van der Waals surface area contributed by atoms with Gasteiger partial charge in [-0.05, 0) is 19.3 Å². The van der Waals surface area contributed by atoms with Gasteiger partial charge in [0.2, 0.25) is 0 Å². The van der Waals surface area contributed by atoms with Gasteiger partial charge >= 0.3 is 0 Å². The zero-order valence-corrected chi connectivity index (χ0v) is 7.80. The van der Waals surface area contributed by atoms with Gasteiger partial charge in [0.05, 0.1) is 5.84 Å². The summed E-state index contributed by atoms with van der Waals surface area (Å²) >= 11 is 0. The quantitative estimate of drug-likeness (QED) is 0.592. The molecule has 0 fully saturated rings. The summed E-state index contributed by atoms with van der Waals surface area (Å²) in [5.41, 5.74) is 0. The standard InChI is InChI=1S/C9H18N2/c1-8(2)7-11-6-4-5-10-9(11)3/h8H,4-7H2,1-3H3. The van der Waals surface area contributed by atoms with Crippen molar-refractivity contribution in [1.82, 2.24) is 4.90 Å². The number of amidine groups is 1. The van der Waals surface area contributed by atoms with Gasteiger partial charge in [-0.25, -0.2) is 0 Å². The Morgan fingerprint density at radius 1 is 1.55 bits per heavy atom. The predicted molar refractivity (Wildman–Crippen MR) is 49.0 cm³/mol. The number of hydrogen-bond acceptors (Lipinski definition) is 2. The maximum Gasteiger partial charge on any atom is 0.0957 e. The van der Waals surface area contributed by atoms with Crippen LogP contribution in [0.5, 0.6) is 0 Å². The largest absolute Gasteiger partial charge is 0.360 e. The van der Waals surface area contributed by atoms with E-state index in [1.807, 2.05) is 0 Å². The van der Waals surface area contributed by atoms with E-state index in [4.69, 9.17) is 0 Å². The number of aliphatic imine (C=N–C) groups is 1. The smallest absolute Gasteiger partial charge is 0.0957 e. The lowest BCUT2D eigenvalue weighted by atomic mass is 10.2. The number of nitrogens with zero attached hydrogens (tertiary/aromatic N) is 2. The van der Waals surface area contributed by atoms with Crippen molar-refractivity contribution >= 4 is 5.84 Å². The topological polar surface area (TPSA) is 15.6 Å². The van der Waals surface area contributed by atoms with Crippen LogP contribution in [0.1, 0.15) is 27.2 Å². The molecule has 1 heterocycles. The van der Waals surface area contributed by atoms with Crippen LogP contribution in [0.15, 0.2) is 4.99 Å². The van der Waals surface area contributed by atoms with Gasteiger partial charge in [-0.1, -0.05) is 13.8 Å². The van der Waals surface area contributed by atoms with E-state index < -0.39 is 0 Å². The van der Waals surface area contributed by atoms with E-state index in [0.717, 1.165) is 19.0 Å². The Labute approximate surface area is 69.3 Å². The molecule has 0 spiro atoms. The third kappa shape index (κ3) is 2.52. The minimum atomic E-state index is 0.748. The molecule has 0 saturated carbocycles. The molecule has 0 aromatic rings. The molecule has 0 N–H and O–H groups in total. The second kappa shape index (κ2) is 3.74. The Bertz CT molecular complexity index is 150. The second-order valence-electron chi connectivity index (χ2n) is 3.62. The summed E-state index contributed by atoms with van der Waals surface area (Å²) in [6.07, 6.45) is 1.23. The first-order valence-electron chi connectivity index (χ1n) is 4.46. The van der Waals surface area contributed by atoms with Crippen LogP contribution in [0.3, 0.4) is 0 Å². The van der Waals surface area contributed by atoms with Crippen molar-refractivity contribution in [2.75, 3.05) is 19.6 Å². The monoisotopic (exact) mass is 154 g/mol. The van der Waals surface area contributed by atoms with Crippen molar-refractivity contribution in [3.8, 4) is 0 Å². The molecule has 0 unspecified atom stereocenters. The summed E-state index contributed by atoms with van der Waals surface area (Å²) in [6.45, 7) is 10.0. The minimum Gasteiger partial charge on any atom is -0.360 e. The molecule has 0 amide bonds. The molecular weight excluding hydrogens is 136 g/mol. The summed E-state index contributed by atoms with van der Waals surface area (Å²) in [6, 6.07) is 0. The van der Waals surface area contributed by atoms with Gasteiger partial charge in [-0.15, -0.1) is 0 Å². The van der Waals surface area contributed by atoms with Crippen LogP contribution in [-0.2, 0) is 0 Å². The van der Waals surface area contributed by atoms with Gasteiger partial charge in [0, 0.05) is 19.6 Å². The van der Waals surface area contributed by atoms with E-state index in [9.17, 15) is 0 Å². The third-order valence-electron chi connectivity index (χ3n) is 1.97. The van der Waals surface area contributed by atoms with Crippen LogP contribution in [0, 0.1) is 5.92 Å². The molecule has 0 aromatic heterocycles. The van der Waals surface area contributed by atoms with Gasteiger partial charge in [0.25, 0.3) is 0 Å². The highest BCUT2D eigenvalue weighted by atomic mass is 15.2. The van der Waals surface area contributed by atoms with Crippen molar-refractivity contribution in [2.45, 2.75) is 27.2 Å². The van der Waals surface area contributed by atoms with Crippen LogP contribution in [0.25, 0.3) is 0 Å². The molecule has 1 aliphatic rings. The van der Waals surface area contributed by atoms with Crippen molar-refractivity contribution < 1.29 is 0 Å². The maximum absolute atomic E-state index is 4.41.